The van der Waals surface area contributed by atoms with Gasteiger partial charge in [0.05, 0.1) is 13.2 Å². The summed E-state index contributed by atoms with van der Waals surface area (Å²) in [5, 5.41) is 0. The van der Waals surface area contributed by atoms with Gasteiger partial charge in [0.25, 0.3) is 6.43 Å². The van der Waals surface area contributed by atoms with Crippen LogP contribution < -0.4 is 0 Å². The number of benzene rings is 2. The summed E-state index contributed by atoms with van der Waals surface area (Å²) in [5.74, 6) is -1.68. The summed E-state index contributed by atoms with van der Waals surface area (Å²) >= 11 is 0. The minimum atomic E-state index is -2.71. The van der Waals surface area contributed by atoms with Crippen LogP contribution in [0.15, 0.2) is 36.4 Å². The number of halogens is 6. The van der Waals surface area contributed by atoms with Gasteiger partial charge in [0.15, 0.2) is 6.29 Å². The predicted octanol–water partition coefficient (Wildman–Crippen LogP) is 8.66. The molecule has 0 spiro atoms. The molecule has 8 heteroatoms. The molecule has 2 nitrogen and oxygen atoms in total. The molecule has 0 aromatic heterocycles. The van der Waals surface area contributed by atoms with Crippen molar-refractivity contribution in [3.8, 4) is 0 Å². The highest BCUT2D eigenvalue weighted by Gasteiger charge is 2.32. The summed E-state index contributed by atoms with van der Waals surface area (Å²) in [5.41, 5.74) is -0.0578. The Bertz CT molecular complexity index is 1070. The second kappa shape index (κ2) is 13.8. The second-order valence-electron chi connectivity index (χ2n) is 10.8. The van der Waals surface area contributed by atoms with Gasteiger partial charge in [0.2, 0.25) is 0 Å². The fourth-order valence-electron chi connectivity index (χ4n) is 5.89. The molecule has 2 aromatic carbocycles. The molecule has 214 valence electrons. The van der Waals surface area contributed by atoms with Gasteiger partial charge < -0.3 is 9.47 Å². The topological polar surface area (TPSA) is 18.5 Å². The summed E-state index contributed by atoms with van der Waals surface area (Å²) in [4.78, 5) is 0. The van der Waals surface area contributed by atoms with Crippen molar-refractivity contribution < 1.29 is 35.8 Å². The quantitative estimate of drug-likeness (QED) is 0.216. The van der Waals surface area contributed by atoms with Crippen LogP contribution in [-0.2, 0) is 28.7 Å². The van der Waals surface area contributed by atoms with Gasteiger partial charge in [-0.25, -0.2) is 26.3 Å². The number of aryl methyl sites for hydroxylation is 1. The zero-order valence-corrected chi connectivity index (χ0v) is 22.2. The lowest BCUT2D eigenvalue weighted by atomic mass is 9.75. The maximum absolute atomic E-state index is 14.9. The lowest BCUT2D eigenvalue weighted by molar-refractivity contribution is -0.215. The molecule has 1 aliphatic carbocycles. The summed E-state index contributed by atoms with van der Waals surface area (Å²) in [7, 11) is 0. The van der Waals surface area contributed by atoms with Crippen LogP contribution in [0.2, 0.25) is 0 Å². The maximum Gasteiger partial charge on any atom is 0.257 e. The summed E-state index contributed by atoms with van der Waals surface area (Å²) in [6.45, 7) is 3.20. The van der Waals surface area contributed by atoms with E-state index in [2.05, 4.69) is 6.92 Å². The molecular weight excluding hydrogens is 518 g/mol. The second-order valence-corrected chi connectivity index (χ2v) is 10.8. The Morgan fingerprint density at radius 3 is 1.95 bits per heavy atom. The van der Waals surface area contributed by atoms with Crippen LogP contribution in [0.1, 0.15) is 74.0 Å². The molecule has 39 heavy (non-hydrogen) atoms. The van der Waals surface area contributed by atoms with E-state index in [1.165, 1.54) is 37.8 Å². The van der Waals surface area contributed by atoms with Gasteiger partial charge in [-0.1, -0.05) is 38.7 Å². The molecule has 2 fully saturated rings. The molecular formula is C31H36F6O2. The third kappa shape index (κ3) is 7.88. The van der Waals surface area contributed by atoms with Gasteiger partial charge in [-0.2, -0.15) is 0 Å². The van der Waals surface area contributed by atoms with Crippen LogP contribution >= 0.6 is 0 Å². The van der Waals surface area contributed by atoms with Gasteiger partial charge in [-0.05, 0) is 79.8 Å². The third-order valence-corrected chi connectivity index (χ3v) is 8.08. The molecule has 0 amide bonds. The Morgan fingerprint density at radius 1 is 0.795 bits per heavy atom. The number of hydrogen-bond acceptors (Lipinski definition) is 2. The van der Waals surface area contributed by atoms with E-state index < -0.39 is 36.0 Å². The summed E-state index contributed by atoms with van der Waals surface area (Å²) in [6.07, 6.45) is 4.86. The van der Waals surface area contributed by atoms with E-state index in [0.717, 1.165) is 37.0 Å². The first kappa shape index (κ1) is 29.7. The highest BCUT2D eigenvalue weighted by atomic mass is 19.3. The number of alkyl halides is 2. The normalized spacial score (nSPS) is 24.1. The van der Waals surface area contributed by atoms with Crippen molar-refractivity contribution in [1.29, 1.82) is 0 Å². The Kier molecular flexibility index (Phi) is 10.5. The highest BCUT2D eigenvalue weighted by molar-refractivity contribution is 5.31. The van der Waals surface area contributed by atoms with Gasteiger partial charge >= 0.3 is 0 Å². The molecule has 2 aromatic rings. The van der Waals surface area contributed by atoms with Crippen LogP contribution in [0.5, 0.6) is 0 Å². The van der Waals surface area contributed by atoms with Gasteiger partial charge in [-0.15, -0.1) is 0 Å². The number of hydrogen-bond donors (Lipinski definition) is 0. The van der Waals surface area contributed by atoms with E-state index in [9.17, 15) is 26.3 Å². The van der Waals surface area contributed by atoms with Crippen molar-refractivity contribution in [1.82, 2.24) is 0 Å². The molecule has 1 saturated carbocycles. The van der Waals surface area contributed by atoms with Crippen LogP contribution in [0, 0.1) is 41.0 Å². The van der Waals surface area contributed by atoms with E-state index in [4.69, 9.17) is 9.47 Å². The van der Waals surface area contributed by atoms with Crippen LogP contribution in [0.4, 0.5) is 26.3 Å². The molecule has 0 atom stereocenters. The lowest BCUT2D eigenvalue weighted by Gasteiger charge is -2.37. The Hall–Kier alpha value is -2.32. The fraction of sp³-hybridized carbons (Fsp3) is 0.548. The van der Waals surface area contributed by atoms with Gasteiger partial charge in [-0.3, -0.25) is 0 Å². The van der Waals surface area contributed by atoms with Crippen LogP contribution in [-0.4, -0.2) is 19.6 Å². The van der Waals surface area contributed by atoms with Gasteiger partial charge in [0.1, 0.15) is 23.3 Å². The first-order valence-electron chi connectivity index (χ1n) is 13.9. The van der Waals surface area contributed by atoms with Crippen molar-refractivity contribution in [3.63, 3.8) is 0 Å². The molecule has 2 aliphatic rings. The Labute approximate surface area is 226 Å². The molecule has 1 aliphatic heterocycles. The van der Waals surface area contributed by atoms with Crippen molar-refractivity contribution in [2.45, 2.75) is 77.4 Å². The Morgan fingerprint density at radius 2 is 1.38 bits per heavy atom. The van der Waals surface area contributed by atoms with Crippen LogP contribution in [0.25, 0.3) is 0 Å². The zero-order valence-electron chi connectivity index (χ0n) is 22.2. The average Bonchev–Trinajstić information content (AvgIpc) is 2.90. The smallest absolute Gasteiger partial charge is 0.257 e. The van der Waals surface area contributed by atoms with E-state index in [0.29, 0.717) is 25.2 Å². The van der Waals surface area contributed by atoms with E-state index in [1.54, 1.807) is 0 Å². The number of ether oxygens (including phenoxy) is 2. The first-order valence-corrected chi connectivity index (χ1v) is 13.9. The summed E-state index contributed by atoms with van der Waals surface area (Å²) < 4.78 is 94.7. The number of rotatable bonds is 10. The molecule has 1 saturated heterocycles. The van der Waals surface area contributed by atoms with Crippen molar-refractivity contribution >= 4 is 0 Å². The van der Waals surface area contributed by atoms with Crippen molar-refractivity contribution in [2.75, 3.05) is 13.2 Å². The van der Waals surface area contributed by atoms with E-state index in [-0.39, 0.29) is 47.4 Å². The molecule has 1 heterocycles. The highest BCUT2D eigenvalue weighted by Crippen LogP contribution is 2.39. The summed E-state index contributed by atoms with van der Waals surface area (Å²) in [6, 6.07) is 4.52. The average molecular weight is 555 g/mol. The van der Waals surface area contributed by atoms with Gasteiger partial charge in [0, 0.05) is 22.6 Å². The standard InChI is InChI=1S/C31H36F6O2/c1-2-4-19-7-10-21(11-8-19)23-17-38-31(39-18-23)22-15-28(34)25(29(35)16-22)12-9-20-13-26(32)24(27(33)14-20)5-3-6-30(36)37/h3,6,13-16,19,21,23,30-31H,2,4-5,7-12,17-18H2,1H3. The molecule has 0 N–H and O–H groups in total. The Balaban J connectivity index is 1.32. The lowest BCUT2D eigenvalue weighted by Crippen LogP contribution is -2.34. The molecule has 0 unspecified atom stereocenters. The monoisotopic (exact) mass is 554 g/mol. The predicted molar refractivity (Wildman–Crippen MR) is 137 cm³/mol. The maximum atomic E-state index is 14.9. The van der Waals surface area contributed by atoms with E-state index >= 15 is 0 Å². The van der Waals surface area contributed by atoms with Crippen LogP contribution in [0.3, 0.4) is 0 Å². The minimum absolute atomic E-state index is 0.00715. The first-order chi connectivity index (χ1) is 18.7. The third-order valence-electron chi connectivity index (χ3n) is 8.08. The zero-order chi connectivity index (χ0) is 27.9. The molecule has 4 rings (SSSR count). The fourth-order valence-corrected chi connectivity index (χ4v) is 5.89. The van der Waals surface area contributed by atoms with Crippen molar-refractivity contribution in [3.05, 3.63) is 81.9 Å². The van der Waals surface area contributed by atoms with E-state index in [1.807, 2.05) is 0 Å². The number of allylic oxidation sites excluding steroid dienone is 2. The SMILES string of the molecule is CCCC1CCC(C2COC(c3cc(F)c(CCc4cc(F)c(CC=CC(F)F)c(F)c4)c(F)c3)OC2)CC1. The van der Waals surface area contributed by atoms with Crippen molar-refractivity contribution in [2.24, 2.45) is 17.8 Å². The minimum Gasteiger partial charge on any atom is -0.348 e. The molecule has 0 radical (unpaired) electrons. The molecule has 0 bridgehead atoms. The largest absolute Gasteiger partial charge is 0.348 e.